The third-order valence-electron chi connectivity index (χ3n) is 4.66. The zero-order valence-corrected chi connectivity index (χ0v) is 15.5. The molecule has 1 unspecified atom stereocenters. The average Bonchev–Trinajstić information content (AvgIpc) is 2.99. The monoisotopic (exact) mass is 402 g/mol. The van der Waals surface area contributed by atoms with Gasteiger partial charge in [-0.25, -0.2) is 9.59 Å². The van der Waals surface area contributed by atoms with Crippen molar-refractivity contribution < 1.29 is 24.5 Å². The topological polar surface area (TPSA) is 120 Å². The minimum Gasteiger partial charge on any atom is -0.477 e. The van der Waals surface area contributed by atoms with Gasteiger partial charge >= 0.3 is 12.1 Å². The van der Waals surface area contributed by atoms with E-state index >= 15 is 0 Å². The highest BCUT2D eigenvalue weighted by molar-refractivity contribution is 6.34. The molecule has 8 heteroatoms. The summed E-state index contributed by atoms with van der Waals surface area (Å²) in [6, 6.07) is 14.6. The van der Waals surface area contributed by atoms with Crippen LogP contribution in [0.5, 0.6) is 0 Å². The van der Waals surface area contributed by atoms with Crippen molar-refractivity contribution in [1.29, 1.82) is 5.41 Å². The number of carbonyl (C=O) groups is 2. The van der Waals surface area contributed by atoms with Crippen LogP contribution in [0.4, 0.5) is 4.79 Å². The summed E-state index contributed by atoms with van der Waals surface area (Å²) in [4.78, 5) is 23.0. The Balaban J connectivity index is 1.67. The van der Waals surface area contributed by atoms with Gasteiger partial charge in [0.2, 0.25) is 0 Å². The molecule has 0 heterocycles. The molecule has 2 aromatic carbocycles. The van der Waals surface area contributed by atoms with Gasteiger partial charge in [-0.1, -0.05) is 60.1 Å². The number of alkyl halides is 1. The fourth-order valence-electron chi connectivity index (χ4n) is 3.32. The number of halogens is 1. The Bertz CT molecular complexity index is 869. The van der Waals surface area contributed by atoms with Crippen LogP contribution in [0, 0.1) is 5.41 Å². The van der Waals surface area contributed by atoms with Crippen LogP contribution < -0.4 is 5.32 Å². The zero-order chi connectivity index (χ0) is 20.3. The molecule has 146 valence electrons. The summed E-state index contributed by atoms with van der Waals surface area (Å²) in [5, 5.41) is 28.0. The maximum atomic E-state index is 12.2. The predicted molar refractivity (Wildman–Crippen MR) is 104 cm³/mol. The number of benzene rings is 2. The number of aliphatic hydroxyl groups excluding tert-OH is 1. The van der Waals surface area contributed by atoms with Crippen molar-refractivity contribution in [3.05, 3.63) is 59.7 Å². The number of carbonyl (C=O) groups excluding carboxylic acids is 1. The quantitative estimate of drug-likeness (QED) is 0.419. The summed E-state index contributed by atoms with van der Waals surface area (Å²) in [6.07, 6.45) is -1.27. The molecule has 1 aliphatic rings. The number of carboxylic acid groups (broad SMARTS) is 1. The molecule has 0 spiro atoms. The Morgan fingerprint density at radius 3 is 2.14 bits per heavy atom. The smallest absolute Gasteiger partial charge is 0.407 e. The number of nitrogens with one attached hydrogen (secondary N) is 2. The van der Waals surface area contributed by atoms with E-state index in [9.17, 15) is 14.7 Å². The van der Waals surface area contributed by atoms with Gasteiger partial charge in [0.1, 0.15) is 17.9 Å². The first-order valence-corrected chi connectivity index (χ1v) is 9.06. The van der Waals surface area contributed by atoms with E-state index in [0.717, 1.165) is 22.3 Å². The minimum atomic E-state index is -1.56. The van der Waals surface area contributed by atoms with Gasteiger partial charge in [0.05, 0.1) is 6.04 Å². The molecule has 3 rings (SSSR count). The second-order valence-corrected chi connectivity index (χ2v) is 6.88. The molecule has 4 N–H and O–H groups in total. The molecular weight excluding hydrogens is 384 g/mol. The van der Waals surface area contributed by atoms with Crippen molar-refractivity contribution in [1.82, 2.24) is 5.32 Å². The number of hydrogen-bond acceptors (Lipinski definition) is 5. The lowest BCUT2D eigenvalue weighted by atomic mass is 9.98. The number of aliphatic carboxylic acids is 1. The Labute approximate surface area is 166 Å². The normalized spacial score (nSPS) is 14.5. The number of aliphatic hydroxyl groups is 1. The Hall–Kier alpha value is -2.90. The summed E-state index contributed by atoms with van der Waals surface area (Å²) in [6.45, 7) is 0.0708. The Morgan fingerprint density at radius 1 is 1.11 bits per heavy atom. The third kappa shape index (κ3) is 4.16. The standard InChI is InChI=1S/C20H19ClN2O5/c21-18(24)17(9-16(22)19(25)26)23-20(27)28-10-15-13-7-3-1-5-11(13)12-6-2-4-8-14(12)15/h1-8,15,17-18,22,24H,9-10H2,(H,23,27)(H,25,26)/t17-,18?/m0/s1. The molecule has 0 bridgehead atoms. The van der Waals surface area contributed by atoms with Crippen molar-refractivity contribution >= 4 is 29.4 Å². The van der Waals surface area contributed by atoms with E-state index in [4.69, 9.17) is 26.9 Å². The number of fused-ring (bicyclic) bond motifs is 3. The van der Waals surface area contributed by atoms with Crippen molar-refractivity contribution in [2.45, 2.75) is 23.9 Å². The van der Waals surface area contributed by atoms with Crippen LogP contribution in [0.25, 0.3) is 11.1 Å². The van der Waals surface area contributed by atoms with E-state index in [1.165, 1.54) is 0 Å². The Morgan fingerprint density at radius 2 is 1.64 bits per heavy atom. The van der Waals surface area contributed by atoms with Crippen LogP contribution >= 0.6 is 11.6 Å². The van der Waals surface area contributed by atoms with Gasteiger partial charge in [-0.3, -0.25) is 5.41 Å². The summed E-state index contributed by atoms with van der Waals surface area (Å²) in [5.74, 6) is -1.58. The molecule has 0 aliphatic heterocycles. The lowest BCUT2D eigenvalue weighted by Crippen LogP contribution is -2.43. The highest BCUT2D eigenvalue weighted by Gasteiger charge is 2.30. The van der Waals surface area contributed by atoms with E-state index in [1.807, 2.05) is 48.5 Å². The highest BCUT2D eigenvalue weighted by Crippen LogP contribution is 2.44. The maximum Gasteiger partial charge on any atom is 0.407 e. The number of amides is 1. The Kier molecular flexibility index (Phi) is 5.96. The first-order chi connectivity index (χ1) is 13.4. The number of alkyl carbamates (subject to hydrolysis) is 1. The van der Waals surface area contributed by atoms with Crippen molar-refractivity contribution in [3.8, 4) is 11.1 Å². The van der Waals surface area contributed by atoms with E-state index in [-0.39, 0.29) is 12.5 Å². The SMILES string of the molecule is N=C(C[C@H](NC(=O)OCC1c2ccccc2-c2ccccc21)C(O)Cl)C(=O)O. The molecule has 0 saturated carbocycles. The van der Waals surface area contributed by atoms with Gasteiger partial charge in [-0.2, -0.15) is 0 Å². The molecule has 28 heavy (non-hydrogen) atoms. The molecule has 1 amide bonds. The molecule has 0 fully saturated rings. The summed E-state index contributed by atoms with van der Waals surface area (Å²) in [5.41, 5.74) is 2.06. The molecule has 0 saturated heterocycles. The fraction of sp³-hybridized carbons (Fsp3) is 0.250. The zero-order valence-electron chi connectivity index (χ0n) is 14.8. The lowest BCUT2D eigenvalue weighted by molar-refractivity contribution is -0.129. The van der Waals surface area contributed by atoms with Crippen LogP contribution in [0.2, 0.25) is 0 Å². The molecule has 1 aliphatic carbocycles. The average molecular weight is 403 g/mol. The second kappa shape index (κ2) is 8.41. The maximum absolute atomic E-state index is 12.2. The van der Waals surface area contributed by atoms with Crippen LogP contribution in [-0.4, -0.2) is 46.2 Å². The van der Waals surface area contributed by atoms with Gasteiger partial charge in [-0.05, 0) is 22.3 Å². The molecule has 2 atom stereocenters. The second-order valence-electron chi connectivity index (χ2n) is 6.44. The minimum absolute atomic E-state index is 0.0708. The summed E-state index contributed by atoms with van der Waals surface area (Å²) < 4.78 is 5.32. The van der Waals surface area contributed by atoms with Crippen LogP contribution in [0.3, 0.4) is 0 Å². The van der Waals surface area contributed by atoms with Gasteiger partial charge in [-0.15, -0.1) is 0 Å². The van der Waals surface area contributed by atoms with Crippen molar-refractivity contribution in [2.75, 3.05) is 6.61 Å². The van der Waals surface area contributed by atoms with Gasteiger partial charge in [0.25, 0.3) is 0 Å². The van der Waals surface area contributed by atoms with E-state index in [2.05, 4.69) is 5.32 Å². The molecule has 7 nitrogen and oxygen atoms in total. The van der Waals surface area contributed by atoms with Gasteiger partial charge < -0.3 is 20.3 Å². The largest absolute Gasteiger partial charge is 0.477 e. The molecular formula is C20H19ClN2O5. The molecule has 0 aromatic heterocycles. The van der Waals surface area contributed by atoms with Crippen molar-refractivity contribution in [2.24, 2.45) is 0 Å². The number of ether oxygens (including phenoxy) is 1. The van der Waals surface area contributed by atoms with Crippen LogP contribution in [0.15, 0.2) is 48.5 Å². The fourth-order valence-corrected chi connectivity index (χ4v) is 3.47. The van der Waals surface area contributed by atoms with E-state index in [0.29, 0.717) is 0 Å². The third-order valence-corrected chi connectivity index (χ3v) is 4.97. The highest BCUT2D eigenvalue weighted by atomic mass is 35.5. The number of rotatable bonds is 7. The van der Waals surface area contributed by atoms with Crippen LogP contribution in [-0.2, 0) is 9.53 Å². The first-order valence-electron chi connectivity index (χ1n) is 8.63. The summed E-state index contributed by atoms with van der Waals surface area (Å²) >= 11 is 5.59. The lowest BCUT2D eigenvalue weighted by Gasteiger charge is -2.20. The summed E-state index contributed by atoms with van der Waals surface area (Å²) in [7, 11) is 0. The van der Waals surface area contributed by atoms with Crippen molar-refractivity contribution in [3.63, 3.8) is 0 Å². The van der Waals surface area contributed by atoms with Crippen LogP contribution in [0.1, 0.15) is 23.5 Å². The van der Waals surface area contributed by atoms with E-state index < -0.39 is 35.8 Å². The van der Waals surface area contributed by atoms with Gasteiger partial charge in [0, 0.05) is 12.3 Å². The predicted octanol–water partition coefficient (Wildman–Crippen LogP) is 2.95. The van der Waals surface area contributed by atoms with E-state index in [1.54, 1.807) is 0 Å². The number of hydrogen-bond donors (Lipinski definition) is 4. The van der Waals surface area contributed by atoms with Gasteiger partial charge in [0.15, 0.2) is 0 Å². The molecule has 2 aromatic rings. The molecule has 0 radical (unpaired) electrons. The number of carboxylic acids is 1. The first kappa shape index (κ1) is 19.9.